The summed E-state index contributed by atoms with van der Waals surface area (Å²) in [5, 5.41) is 22.4. The summed E-state index contributed by atoms with van der Waals surface area (Å²) < 4.78 is 19.9. The summed E-state index contributed by atoms with van der Waals surface area (Å²) in [6, 6.07) is 25.2. The molecule has 7 nitrogen and oxygen atoms in total. The second-order valence-electron chi connectivity index (χ2n) is 9.63. The Kier molecular flexibility index (Phi) is 8.04. The van der Waals surface area contributed by atoms with Crippen LogP contribution in [0.4, 0.5) is 9.52 Å². The lowest BCUT2D eigenvalue weighted by Crippen LogP contribution is -2.29. The molecule has 0 radical (unpaired) electrons. The predicted octanol–water partition coefficient (Wildman–Crippen LogP) is 7.31. The van der Waals surface area contributed by atoms with Gasteiger partial charge in [-0.05, 0) is 58.3 Å². The molecule has 2 heterocycles. The monoisotopic (exact) mass is 609 g/mol. The Morgan fingerprint density at radius 1 is 1.02 bits per heavy atom. The Hall–Kier alpha value is -4.80. The van der Waals surface area contributed by atoms with Crippen molar-refractivity contribution < 1.29 is 23.8 Å². The van der Waals surface area contributed by atoms with E-state index in [9.17, 15) is 19.1 Å². The molecule has 1 unspecified atom stereocenters. The van der Waals surface area contributed by atoms with E-state index in [0.717, 1.165) is 16.3 Å². The summed E-state index contributed by atoms with van der Waals surface area (Å²) in [5.41, 5.74) is 1.71. The van der Waals surface area contributed by atoms with Crippen LogP contribution >= 0.6 is 23.1 Å². The van der Waals surface area contributed by atoms with Crippen LogP contribution in [0.5, 0.6) is 5.75 Å². The molecule has 1 amide bonds. The number of ketones is 1. The molecule has 43 heavy (non-hydrogen) atoms. The maximum atomic E-state index is 13.6. The topological polar surface area (TPSA) is 92.6 Å². The number of nitrogens with zero attached hydrogens (tertiary/aromatic N) is 3. The number of fused-ring (bicyclic) bond motifs is 1. The van der Waals surface area contributed by atoms with Gasteiger partial charge >= 0.3 is 5.91 Å². The van der Waals surface area contributed by atoms with Crippen molar-refractivity contribution in [3.63, 3.8) is 0 Å². The van der Waals surface area contributed by atoms with Gasteiger partial charge in [-0.1, -0.05) is 90.4 Å². The average Bonchev–Trinajstić information content (AvgIpc) is 3.60. The van der Waals surface area contributed by atoms with Crippen molar-refractivity contribution in [2.75, 3.05) is 11.5 Å². The van der Waals surface area contributed by atoms with E-state index >= 15 is 0 Å². The lowest BCUT2D eigenvalue weighted by atomic mass is 9.95. The Balaban J connectivity index is 1.38. The number of Topliss-reactive ketones (excluding diaryl/α,β-unsaturated/α-hetero) is 1. The van der Waals surface area contributed by atoms with Crippen LogP contribution in [0.15, 0.2) is 114 Å². The number of aliphatic hydroxyl groups is 1. The van der Waals surface area contributed by atoms with Crippen molar-refractivity contribution in [1.82, 2.24) is 10.2 Å². The molecule has 0 spiro atoms. The number of rotatable bonds is 9. The van der Waals surface area contributed by atoms with Gasteiger partial charge in [-0.15, -0.1) is 10.2 Å². The molecule has 6 rings (SSSR count). The van der Waals surface area contributed by atoms with E-state index in [0.29, 0.717) is 21.4 Å². The number of carbonyl (C=O) groups is 2. The number of ether oxygens (including phenoxy) is 1. The number of aromatic nitrogens is 2. The van der Waals surface area contributed by atoms with Crippen LogP contribution in [-0.2, 0) is 15.3 Å². The summed E-state index contributed by atoms with van der Waals surface area (Å²) in [5.74, 6) is -1.53. The molecular weight excluding hydrogens is 586 g/mol. The minimum Gasteiger partial charge on any atom is -0.507 e. The number of halogens is 1. The Bertz CT molecular complexity index is 1880. The molecule has 4 aromatic carbocycles. The molecule has 1 aliphatic heterocycles. The molecule has 5 aromatic rings. The van der Waals surface area contributed by atoms with Crippen molar-refractivity contribution in [3.05, 3.63) is 132 Å². The number of amides is 1. The number of benzene rings is 4. The molecule has 214 valence electrons. The zero-order chi connectivity index (χ0) is 29.9. The van der Waals surface area contributed by atoms with Crippen molar-refractivity contribution in [3.8, 4) is 5.75 Å². The standard InChI is InChI=1S/C33H24FN3O4S2/c1-2-17-41-25-11-6-9-22(18-25)28-27(29(38)21-13-15-24(34)16-14-21)30(39)31(40)37(28)32-35-36-33(43-32)42-19-23-10-5-8-20-7-3-4-12-26(20)23/h2-16,18,28,38H,1,17,19H2. The highest BCUT2D eigenvalue weighted by atomic mass is 32.2. The highest BCUT2D eigenvalue weighted by Gasteiger charge is 2.48. The van der Waals surface area contributed by atoms with Crippen molar-refractivity contribution in [1.29, 1.82) is 0 Å². The molecule has 1 fully saturated rings. The van der Waals surface area contributed by atoms with Crippen molar-refractivity contribution in [2.24, 2.45) is 0 Å². The summed E-state index contributed by atoms with van der Waals surface area (Å²) in [7, 11) is 0. The molecule has 10 heteroatoms. The Morgan fingerprint density at radius 3 is 2.60 bits per heavy atom. The molecule has 0 bridgehead atoms. The summed E-state index contributed by atoms with van der Waals surface area (Å²) >= 11 is 2.66. The summed E-state index contributed by atoms with van der Waals surface area (Å²) in [4.78, 5) is 28.3. The lowest BCUT2D eigenvalue weighted by Gasteiger charge is -2.23. The second-order valence-corrected chi connectivity index (χ2v) is 11.8. The van der Waals surface area contributed by atoms with Crippen LogP contribution in [0.1, 0.15) is 22.7 Å². The summed E-state index contributed by atoms with van der Waals surface area (Å²) in [6.45, 7) is 3.93. The van der Waals surface area contributed by atoms with E-state index in [4.69, 9.17) is 4.74 Å². The molecule has 1 atom stereocenters. The van der Waals surface area contributed by atoms with Gasteiger partial charge in [0.1, 0.15) is 23.9 Å². The third-order valence-electron chi connectivity index (χ3n) is 6.94. The first kappa shape index (κ1) is 28.3. The van der Waals surface area contributed by atoms with E-state index in [1.54, 1.807) is 30.3 Å². The number of hydrogen-bond donors (Lipinski definition) is 1. The van der Waals surface area contributed by atoms with E-state index in [1.807, 2.05) is 18.2 Å². The second kappa shape index (κ2) is 12.2. The van der Waals surface area contributed by atoms with Gasteiger partial charge in [0.2, 0.25) is 5.13 Å². The first-order valence-electron chi connectivity index (χ1n) is 13.3. The molecule has 0 aliphatic carbocycles. The number of aliphatic hydroxyl groups excluding tert-OH is 1. The third kappa shape index (κ3) is 5.67. The maximum absolute atomic E-state index is 13.6. The summed E-state index contributed by atoms with van der Waals surface area (Å²) in [6.07, 6.45) is 1.60. The first-order valence-corrected chi connectivity index (χ1v) is 15.1. The smallest absolute Gasteiger partial charge is 0.301 e. The van der Waals surface area contributed by atoms with Crippen LogP contribution in [0.3, 0.4) is 0 Å². The van der Waals surface area contributed by atoms with Gasteiger partial charge in [-0.2, -0.15) is 0 Å². The molecule has 1 N–H and O–H groups in total. The van der Waals surface area contributed by atoms with Crippen LogP contribution in [0.25, 0.3) is 16.5 Å². The molecular formula is C33H24FN3O4S2. The first-order chi connectivity index (χ1) is 20.9. The van der Waals surface area contributed by atoms with Crippen molar-refractivity contribution in [2.45, 2.75) is 16.1 Å². The van der Waals surface area contributed by atoms with E-state index in [2.05, 4.69) is 41.0 Å². The SMILES string of the molecule is C=CCOc1cccc(C2C(=C(O)c3ccc(F)cc3)C(=O)C(=O)N2c2nnc(SCc3cccc4ccccc34)s2)c1. The Morgan fingerprint density at radius 2 is 1.79 bits per heavy atom. The number of hydrogen-bond acceptors (Lipinski definition) is 8. The van der Waals surface area contributed by atoms with Crippen LogP contribution in [-0.4, -0.2) is 33.6 Å². The predicted molar refractivity (Wildman–Crippen MR) is 167 cm³/mol. The quantitative estimate of drug-likeness (QED) is 0.0468. The zero-order valence-corrected chi connectivity index (χ0v) is 24.3. The van der Waals surface area contributed by atoms with Crippen molar-refractivity contribution >= 4 is 56.5 Å². The van der Waals surface area contributed by atoms with Gasteiger partial charge in [0.05, 0.1) is 11.6 Å². The lowest BCUT2D eigenvalue weighted by molar-refractivity contribution is -0.132. The van der Waals surface area contributed by atoms with Crippen LogP contribution in [0, 0.1) is 5.82 Å². The highest BCUT2D eigenvalue weighted by molar-refractivity contribution is 8.00. The molecule has 1 aliphatic rings. The fraction of sp³-hybridized carbons (Fsp3) is 0.0909. The zero-order valence-electron chi connectivity index (χ0n) is 22.6. The molecule has 1 aromatic heterocycles. The van der Waals surface area contributed by atoms with Gasteiger partial charge < -0.3 is 9.84 Å². The Labute approximate surface area is 255 Å². The van der Waals surface area contributed by atoms with Gasteiger partial charge in [0.25, 0.3) is 5.78 Å². The van der Waals surface area contributed by atoms with Gasteiger partial charge in [0, 0.05) is 11.3 Å². The maximum Gasteiger partial charge on any atom is 0.301 e. The van der Waals surface area contributed by atoms with Crippen LogP contribution in [0.2, 0.25) is 0 Å². The number of thioether (sulfide) groups is 1. The largest absolute Gasteiger partial charge is 0.507 e. The molecule has 1 saturated heterocycles. The normalized spacial score (nSPS) is 16.1. The fourth-order valence-electron chi connectivity index (χ4n) is 4.95. The fourth-order valence-corrected chi connectivity index (χ4v) is 6.83. The van der Waals surface area contributed by atoms with Gasteiger partial charge in [-0.25, -0.2) is 4.39 Å². The minimum absolute atomic E-state index is 0.141. The van der Waals surface area contributed by atoms with E-state index in [-0.39, 0.29) is 22.9 Å². The van der Waals surface area contributed by atoms with E-state index < -0.39 is 29.3 Å². The van der Waals surface area contributed by atoms with E-state index in [1.165, 1.54) is 52.3 Å². The number of anilines is 1. The molecule has 0 saturated carbocycles. The van der Waals surface area contributed by atoms with Gasteiger partial charge in [-0.3, -0.25) is 14.5 Å². The highest BCUT2D eigenvalue weighted by Crippen LogP contribution is 2.44. The average molecular weight is 610 g/mol. The van der Waals surface area contributed by atoms with Crippen LogP contribution < -0.4 is 9.64 Å². The minimum atomic E-state index is -1.03. The van der Waals surface area contributed by atoms with Gasteiger partial charge in [0.15, 0.2) is 4.34 Å². The third-order valence-corrected chi connectivity index (χ3v) is 9.04. The number of carbonyl (C=O) groups excluding carboxylic acids is 2.